The fourth-order valence-electron chi connectivity index (χ4n) is 1.89. The first-order valence-electron chi connectivity index (χ1n) is 6.88. The van der Waals surface area contributed by atoms with Crippen molar-refractivity contribution in [1.82, 2.24) is 15.2 Å². The van der Waals surface area contributed by atoms with Crippen LogP contribution >= 0.6 is 22.9 Å². The summed E-state index contributed by atoms with van der Waals surface area (Å²) in [7, 11) is 3.76. The normalized spacial score (nSPS) is 11.3. The summed E-state index contributed by atoms with van der Waals surface area (Å²) < 4.78 is 6.39. The van der Waals surface area contributed by atoms with E-state index < -0.39 is 0 Å². The van der Waals surface area contributed by atoms with E-state index in [-0.39, 0.29) is 0 Å². The number of thiophene rings is 1. The highest BCUT2D eigenvalue weighted by atomic mass is 35.5. The molecule has 0 atom stereocenters. The minimum absolute atomic E-state index is 0.545. The molecule has 0 amide bonds. The second-order valence-corrected chi connectivity index (χ2v) is 6.37. The molecular formula is C15H19ClN4OS. The molecule has 0 aliphatic rings. The number of guanidine groups is 1. The van der Waals surface area contributed by atoms with Crippen LogP contribution in [0.2, 0.25) is 4.34 Å². The zero-order valence-electron chi connectivity index (χ0n) is 12.6. The third kappa shape index (κ3) is 5.20. The zero-order chi connectivity index (χ0) is 15.8. The molecule has 1 N–H and O–H groups in total. The Morgan fingerprint density at radius 1 is 1.45 bits per heavy atom. The average molecular weight is 339 g/mol. The van der Waals surface area contributed by atoms with Crippen LogP contribution in [0.4, 0.5) is 0 Å². The topological polar surface area (TPSA) is 49.8 Å². The number of aromatic nitrogens is 1. The first-order chi connectivity index (χ1) is 10.7. The Hall–Kier alpha value is -1.79. The summed E-state index contributed by atoms with van der Waals surface area (Å²) in [6.07, 6.45) is 3.42. The molecule has 2 rings (SSSR count). The van der Waals surface area contributed by atoms with Gasteiger partial charge in [0.05, 0.1) is 23.6 Å². The SMILES string of the molecule is CN=C(NCCOc1cccnc1)N(C)Cc1ccc(Cl)s1. The van der Waals surface area contributed by atoms with Crippen LogP contribution in [-0.2, 0) is 6.54 Å². The van der Waals surface area contributed by atoms with Crippen LogP contribution in [0.25, 0.3) is 0 Å². The van der Waals surface area contributed by atoms with Gasteiger partial charge in [0.15, 0.2) is 5.96 Å². The molecule has 22 heavy (non-hydrogen) atoms. The van der Waals surface area contributed by atoms with E-state index in [0.717, 1.165) is 22.6 Å². The number of nitrogens with zero attached hydrogens (tertiary/aromatic N) is 3. The van der Waals surface area contributed by atoms with Crippen molar-refractivity contribution >= 4 is 28.9 Å². The van der Waals surface area contributed by atoms with Gasteiger partial charge in [0, 0.05) is 25.2 Å². The van der Waals surface area contributed by atoms with E-state index in [1.54, 1.807) is 30.8 Å². The molecule has 0 fully saturated rings. The van der Waals surface area contributed by atoms with E-state index in [0.29, 0.717) is 13.2 Å². The Morgan fingerprint density at radius 2 is 2.32 bits per heavy atom. The highest BCUT2D eigenvalue weighted by Crippen LogP contribution is 2.22. The summed E-state index contributed by atoms with van der Waals surface area (Å²) in [5.74, 6) is 1.58. The lowest BCUT2D eigenvalue weighted by Crippen LogP contribution is -2.40. The van der Waals surface area contributed by atoms with Crippen LogP contribution < -0.4 is 10.1 Å². The van der Waals surface area contributed by atoms with E-state index in [4.69, 9.17) is 16.3 Å². The van der Waals surface area contributed by atoms with Gasteiger partial charge in [-0.15, -0.1) is 11.3 Å². The number of ether oxygens (including phenoxy) is 1. The van der Waals surface area contributed by atoms with Crippen LogP contribution in [0, 0.1) is 0 Å². The molecule has 2 aromatic heterocycles. The Labute approximate surface area is 139 Å². The van der Waals surface area contributed by atoms with Crippen LogP contribution in [0.15, 0.2) is 41.7 Å². The molecule has 5 nitrogen and oxygen atoms in total. The number of hydrogen-bond donors (Lipinski definition) is 1. The first-order valence-corrected chi connectivity index (χ1v) is 8.07. The van der Waals surface area contributed by atoms with Gasteiger partial charge in [0.1, 0.15) is 12.4 Å². The van der Waals surface area contributed by atoms with Crippen LogP contribution in [0.5, 0.6) is 5.75 Å². The highest BCUT2D eigenvalue weighted by molar-refractivity contribution is 7.16. The van der Waals surface area contributed by atoms with Crippen molar-refractivity contribution in [2.24, 2.45) is 4.99 Å². The maximum Gasteiger partial charge on any atom is 0.193 e. The Balaban J connectivity index is 1.74. The number of nitrogens with one attached hydrogen (secondary N) is 1. The first kappa shape index (κ1) is 16.6. The lowest BCUT2D eigenvalue weighted by atomic mass is 10.4. The van der Waals surface area contributed by atoms with Gasteiger partial charge in [-0.2, -0.15) is 0 Å². The molecule has 0 aliphatic carbocycles. The predicted molar refractivity (Wildman–Crippen MR) is 91.9 cm³/mol. The molecule has 2 heterocycles. The molecule has 118 valence electrons. The number of rotatable bonds is 6. The molecule has 2 aromatic rings. The minimum Gasteiger partial charge on any atom is -0.490 e. The molecule has 0 saturated carbocycles. The van der Waals surface area contributed by atoms with Gasteiger partial charge in [-0.25, -0.2) is 0 Å². The monoisotopic (exact) mass is 338 g/mol. The van der Waals surface area contributed by atoms with Gasteiger partial charge in [0.25, 0.3) is 0 Å². The van der Waals surface area contributed by atoms with Gasteiger partial charge in [-0.1, -0.05) is 11.6 Å². The maximum absolute atomic E-state index is 5.95. The van der Waals surface area contributed by atoms with E-state index >= 15 is 0 Å². The third-order valence-corrected chi connectivity index (χ3v) is 4.10. The van der Waals surface area contributed by atoms with E-state index in [9.17, 15) is 0 Å². The molecule has 0 saturated heterocycles. The molecule has 0 aromatic carbocycles. The standard InChI is InChI=1S/C15H19ClN4OS/c1-17-15(20(2)11-13-5-6-14(16)22-13)19-8-9-21-12-4-3-7-18-10-12/h3-7,10H,8-9,11H2,1-2H3,(H,17,19). The lowest BCUT2D eigenvalue weighted by molar-refractivity contribution is 0.318. The van der Waals surface area contributed by atoms with Crippen LogP contribution in [0.1, 0.15) is 4.88 Å². The summed E-state index contributed by atoms with van der Waals surface area (Å²) in [6.45, 7) is 1.97. The molecule has 0 aliphatic heterocycles. The van der Waals surface area contributed by atoms with Crippen molar-refractivity contribution in [1.29, 1.82) is 0 Å². The summed E-state index contributed by atoms with van der Waals surface area (Å²) in [5, 5.41) is 3.27. The van der Waals surface area contributed by atoms with Crippen LogP contribution in [0.3, 0.4) is 0 Å². The Morgan fingerprint density at radius 3 is 2.95 bits per heavy atom. The smallest absolute Gasteiger partial charge is 0.193 e. The largest absolute Gasteiger partial charge is 0.490 e. The lowest BCUT2D eigenvalue weighted by Gasteiger charge is -2.21. The molecule has 0 radical (unpaired) electrons. The van der Waals surface area contributed by atoms with Gasteiger partial charge in [-0.3, -0.25) is 9.98 Å². The second-order valence-electron chi connectivity index (χ2n) is 4.57. The average Bonchev–Trinajstić information content (AvgIpc) is 2.93. The fraction of sp³-hybridized carbons (Fsp3) is 0.333. The second kappa shape index (κ2) is 8.60. The molecule has 7 heteroatoms. The predicted octanol–water partition coefficient (Wildman–Crippen LogP) is 2.88. The number of pyridine rings is 1. The fourth-order valence-corrected chi connectivity index (χ4v) is 3.04. The van der Waals surface area contributed by atoms with Crippen molar-refractivity contribution in [3.8, 4) is 5.75 Å². The third-order valence-electron chi connectivity index (χ3n) is 2.88. The maximum atomic E-state index is 5.95. The summed E-state index contributed by atoms with van der Waals surface area (Å²) in [6, 6.07) is 7.67. The molecule has 0 spiro atoms. The number of halogens is 1. The van der Waals surface area contributed by atoms with Gasteiger partial charge < -0.3 is 15.0 Å². The van der Waals surface area contributed by atoms with Crippen molar-refractivity contribution in [2.45, 2.75) is 6.54 Å². The molecular weight excluding hydrogens is 320 g/mol. The van der Waals surface area contributed by atoms with Crippen molar-refractivity contribution in [3.63, 3.8) is 0 Å². The van der Waals surface area contributed by atoms with E-state index in [1.807, 2.05) is 36.2 Å². The number of aliphatic imine (C=N–C) groups is 1. The summed E-state index contributed by atoms with van der Waals surface area (Å²) in [4.78, 5) is 11.5. The van der Waals surface area contributed by atoms with Crippen molar-refractivity contribution < 1.29 is 4.74 Å². The molecule has 0 bridgehead atoms. The summed E-state index contributed by atoms with van der Waals surface area (Å²) in [5.41, 5.74) is 0. The Kier molecular flexibility index (Phi) is 6.48. The van der Waals surface area contributed by atoms with Crippen molar-refractivity contribution in [2.75, 3.05) is 27.2 Å². The van der Waals surface area contributed by atoms with Crippen LogP contribution in [-0.4, -0.2) is 43.1 Å². The van der Waals surface area contributed by atoms with E-state index in [1.165, 1.54) is 4.88 Å². The van der Waals surface area contributed by atoms with Gasteiger partial charge in [0.2, 0.25) is 0 Å². The number of hydrogen-bond acceptors (Lipinski definition) is 4. The van der Waals surface area contributed by atoms with Crippen molar-refractivity contribution in [3.05, 3.63) is 45.9 Å². The molecule has 0 unspecified atom stereocenters. The quantitative estimate of drug-likeness (QED) is 0.500. The van der Waals surface area contributed by atoms with Gasteiger partial charge in [-0.05, 0) is 24.3 Å². The van der Waals surface area contributed by atoms with Gasteiger partial charge >= 0.3 is 0 Å². The highest BCUT2D eigenvalue weighted by Gasteiger charge is 2.07. The minimum atomic E-state index is 0.545. The Bertz CT molecular complexity index is 603. The van der Waals surface area contributed by atoms with E-state index in [2.05, 4.69) is 15.3 Å². The zero-order valence-corrected chi connectivity index (χ0v) is 14.2. The summed E-state index contributed by atoms with van der Waals surface area (Å²) >= 11 is 7.53.